The van der Waals surface area contributed by atoms with E-state index >= 15 is 0 Å². The van der Waals surface area contributed by atoms with E-state index in [1.54, 1.807) is 42.5 Å². The summed E-state index contributed by atoms with van der Waals surface area (Å²) in [5.41, 5.74) is 1.07. The van der Waals surface area contributed by atoms with Gasteiger partial charge in [0.25, 0.3) is 15.9 Å². The first kappa shape index (κ1) is 22.0. The molecule has 3 aromatic carbocycles. The lowest BCUT2D eigenvalue weighted by atomic mass is 10.2. The number of benzene rings is 3. The average Bonchev–Trinajstić information content (AvgIpc) is 2.79. The second kappa shape index (κ2) is 9.40. The zero-order valence-corrected chi connectivity index (χ0v) is 18.0. The Morgan fingerprint density at radius 3 is 2.10 bits per heavy atom. The monoisotopic (exact) mass is 442 g/mol. The van der Waals surface area contributed by atoms with E-state index in [1.807, 2.05) is 0 Å². The summed E-state index contributed by atoms with van der Waals surface area (Å²) in [6.07, 6.45) is 0. The van der Waals surface area contributed by atoms with E-state index in [4.69, 9.17) is 14.2 Å². The van der Waals surface area contributed by atoms with E-state index in [0.717, 1.165) is 0 Å². The SMILES string of the molecule is COc1ccc(NC(=O)c2ccc(S(=O)(=O)Nc3ccccc3OC)cc2)c(OC)c1. The average molecular weight is 442 g/mol. The second-order valence-corrected chi connectivity index (χ2v) is 8.03. The Labute approximate surface area is 180 Å². The van der Waals surface area contributed by atoms with Crippen molar-refractivity contribution in [1.29, 1.82) is 0 Å². The number of ether oxygens (including phenoxy) is 3. The molecule has 0 unspecified atom stereocenters. The first-order chi connectivity index (χ1) is 14.9. The van der Waals surface area contributed by atoms with Crippen LogP contribution in [-0.4, -0.2) is 35.7 Å². The molecule has 9 heteroatoms. The smallest absolute Gasteiger partial charge is 0.262 e. The third kappa shape index (κ3) is 5.07. The lowest BCUT2D eigenvalue weighted by molar-refractivity contribution is 0.102. The van der Waals surface area contributed by atoms with Gasteiger partial charge >= 0.3 is 0 Å². The summed E-state index contributed by atoms with van der Waals surface area (Å²) in [5.74, 6) is 1.01. The molecule has 0 fully saturated rings. The van der Waals surface area contributed by atoms with Crippen LogP contribution in [0.4, 0.5) is 11.4 Å². The number of para-hydroxylation sites is 2. The second-order valence-electron chi connectivity index (χ2n) is 6.35. The van der Waals surface area contributed by atoms with Crippen molar-refractivity contribution < 1.29 is 27.4 Å². The molecule has 0 atom stereocenters. The number of rotatable bonds is 8. The van der Waals surface area contributed by atoms with Crippen LogP contribution in [0.15, 0.2) is 71.6 Å². The standard InChI is InChI=1S/C22H22N2O6S/c1-28-16-10-13-18(21(14-16)30-3)23-22(25)15-8-11-17(12-9-15)31(26,27)24-19-6-4-5-7-20(19)29-2/h4-14,24H,1-3H3,(H,23,25). The van der Waals surface area contributed by atoms with Crippen LogP contribution in [0.2, 0.25) is 0 Å². The highest BCUT2D eigenvalue weighted by Gasteiger charge is 2.18. The Balaban J connectivity index is 1.77. The predicted molar refractivity (Wildman–Crippen MR) is 118 cm³/mol. The van der Waals surface area contributed by atoms with Gasteiger partial charge in [0.05, 0.1) is 37.6 Å². The maximum atomic E-state index is 12.7. The number of anilines is 2. The molecule has 1 amide bonds. The molecule has 0 aliphatic heterocycles. The third-order valence-electron chi connectivity index (χ3n) is 4.43. The molecule has 0 saturated heterocycles. The summed E-state index contributed by atoms with van der Waals surface area (Å²) in [4.78, 5) is 12.6. The van der Waals surface area contributed by atoms with Crippen LogP contribution in [-0.2, 0) is 10.0 Å². The lowest BCUT2D eigenvalue weighted by Gasteiger charge is -2.13. The van der Waals surface area contributed by atoms with Gasteiger partial charge in [0, 0.05) is 11.6 Å². The quantitative estimate of drug-likeness (QED) is 0.551. The zero-order chi connectivity index (χ0) is 22.4. The van der Waals surface area contributed by atoms with Gasteiger partial charge in [-0.1, -0.05) is 12.1 Å². The van der Waals surface area contributed by atoms with Gasteiger partial charge in [-0.3, -0.25) is 9.52 Å². The predicted octanol–water partition coefficient (Wildman–Crippen LogP) is 3.77. The van der Waals surface area contributed by atoms with Crippen molar-refractivity contribution in [2.75, 3.05) is 31.4 Å². The van der Waals surface area contributed by atoms with Crippen LogP contribution in [0.3, 0.4) is 0 Å². The first-order valence-electron chi connectivity index (χ1n) is 9.17. The fraction of sp³-hybridized carbons (Fsp3) is 0.136. The van der Waals surface area contributed by atoms with Crippen LogP contribution in [0.1, 0.15) is 10.4 Å². The number of methoxy groups -OCH3 is 3. The highest BCUT2D eigenvalue weighted by atomic mass is 32.2. The minimum atomic E-state index is -3.86. The summed E-state index contributed by atoms with van der Waals surface area (Å²) >= 11 is 0. The van der Waals surface area contributed by atoms with Crippen LogP contribution in [0.25, 0.3) is 0 Å². The maximum absolute atomic E-state index is 12.7. The number of amides is 1. The molecule has 0 spiro atoms. The van der Waals surface area contributed by atoms with Gasteiger partial charge < -0.3 is 19.5 Å². The molecular weight excluding hydrogens is 420 g/mol. The zero-order valence-electron chi connectivity index (χ0n) is 17.2. The summed E-state index contributed by atoms with van der Waals surface area (Å²) in [5, 5.41) is 2.74. The number of hydrogen-bond donors (Lipinski definition) is 2. The number of carbonyl (C=O) groups excluding carboxylic acids is 1. The Morgan fingerprint density at radius 1 is 0.774 bits per heavy atom. The van der Waals surface area contributed by atoms with Gasteiger partial charge in [-0.25, -0.2) is 8.42 Å². The van der Waals surface area contributed by atoms with Crippen molar-refractivity contribution in [3.63, 3.8) is 0 Å². The van der Waals surface area contributed by atoms with Crippen LogP contribution < -0.4 is 24.2 Å². The molecule has 3 rings (SSSR count). The van der Waals surface area contributed by atoms with E-state index in [2.05, 4.69) is 10.0 Å². The molecule has 0 bridgehead atoms. The molecule has 0 heterocycles. The van der Waals surface area contributed by atoms with Gasteiger partial charge in [-0.05, 0) is 48.5 Å². The Bertz CT molecular complexity index is 1180. The Morgan fingerprint density at radius 2 is 1.45 bits per heavy atom. The fourth-order valence-corrected chi connectivity index (χ4v) is 3.88. The van der Waals surface area contributed by atoms with Crippen molar-refractivity contribution in [2.24, 2.45) is 0 Å². The molecule has 2 N–H and O–H groups in total. The molecule has 31 heavy (non-hydrogen) atoms. The lowest BCUT2D eigenvalue weighted by Crippen LogP contribution is -2.15. The van der Waals surface area contributed by atoms with Crippen molar-refractivity contribution >= 4 is 27.3 Å². The van der Waals surface area contributed by atoms with E-state index < -0.39 is 15.9 Å². The minimum Gasteiger partial charge on any atom is -0.497 e. The first-order valence-corrected chi connectivity index (χ1v) is 10.7. The number of nitrogens with one attached hydrogen (secondary N) is 2. The summed E-state index contributed by atoms with van der Waals surface area (Å²) in [7, 11) is 0.613. The number of sulfonamides is 1. The Kier molecular flexibility index (Phi) is 6.66. The number of hydrogen-bond acceptors (Lipinski definition) is 6. The van der Waals surface area contributed by atoms with Gasteiger partial charge in [-0.15, -0.1) is 0 Å². The Hall–Kier alpha value is -3.72. The minimum absolute atomic E-state index is 0.0111. The van der Waals surface area contributed by atoms with E-state index in [-0.39, 0.29) is 10.5 Å². The summed E-state index contributed by atoms with van der Waals surface area (Å²) in [6, 6.07) is 17.3. The van der Waals surface area contributed by atoms with E-state index in [1.165, 1.54) is 45.6 Å². The molecule has 3 aromatic rings. The topological polar surface area (TPSA) is 103 Å². The van der Waals surface area contributed by atoms with Gasteiger partial charge in [0.1, 0.15) is 17.2 Å². The van der Waals surface area contributed by atoms with Crippen molar-refractivity contribution in [3.8, 4) is 17.2 Å². The van der Waals surface area contributed by atoms with E-state index in [9.17, 15) is 13.2 Å². The van der Waals surface area contributed by atoms with E-state index in [0.29, 0.717) is 28.6 Å². The van der Waals surface area contributed by atoms with Gasteiger partial charge in [0.15, 0.2) is 0 Å². The summed E-state index contributed by atoms with van der Waals surface area (Å²) < 4.78 is 43.4. The van der Waals surface area contributed by atoms with Crippen molar-refractivity contribution in [1.82, 2.24) is 0 Å². The van der Waals surface area contributed by atoms with Crippen LogP contribution in [0.5, 0.6) is 17.2 Å². The van der Waals surface area contributed by atoms with Gasteiger partial charge in [-0.2, -0.15) is 0 Å². The fourth-order valence-electron chi connectivity index (χ4n) is 2.81. The molecule has 8 nitrogen and oxygen atoms in total. The molecule has 162 valence electrons. The third-order valence-corrected chi connectivity index (χ3v) is 5.82. The van der Waals surface area contributed by atoms with Crippen LogP contribution in [0, 0.1) is 0 Å². The number of carbonyl (C=O) groups is 1. The molecule has 0 aliphatic rings. The largest absolute Gasteiger partial charge is 0.497 e. The molecule has 0 saturated carbocycles. The highest BCUT2D eigenvalue weighted by molar-refractivity contribution is 7.92. The van der Waals surface area contributed by atoms with Crippen molar-refractivity contribution in [2.45, 2.75) is 4.90 Å². The van der Waals surface area contributed by atoms with Crippen molar-refractivity contribution in [3.05, 3.63) is 72.3 Å². The maximum Gasteiger partial charge on any atom is 0.262 e. The summed E-state index contributed by atoms with van der Waals surface area (Å²) in [6.45, 7) is 0. The van der Waals surface area contributed by atoms with Crippen LogP contribution >= 0.6 is 0 Å². The molecule has 0 aliphatic carbocycles. The van der Waals surface area contributed by atoms with Gasteiger partial charge in [0.2, 0.25) is 0 Å². The molecule has 0 radical (unpaired) electrons. The molecular formula is C22H22N2O6S. The molecule has 0 aromatic heterocycles. The highest BCUT2D eigenvalue weighted by Crippen LogP contribution is 2.30. The normalized spacial score (nSPS) is 10.8.